The maximum Gasteiger partial charge on any atom is 0.220 e. The van der Waals surface area contributed by atoms with Gasteiger partial charge in [-0.25, -0.2) is 4.98 Å². The highest BCUT2D eigenvalue weighted by Gasteiger charge is 2.16. The molecule has 1 aliphatic rings. The van der Waals surface area contributed by atoms with E-state index in [4.69, 9.17) is 9.15 Å². The highest BCUT2D eigenvalue weighted by molar-refractivity contribution is 5.76. The standard InChI is InChI=1S/C18H23N3O3/c1-23-15-6-4-13(5-7-15)16-12-20-18(24-16)9-8-17(22)21-14-3-2-10-19-11-14/h4-7,12,14,19H,2-3,8-11H2,1H3,(H,21,22)/t14-/m0/s1. The third kappa shape index (κ3) is 4.35. The summed E-state index contributed by atoms with van der Waals surface area (Å²) in [6, 6.07) is 7.84. The number of amides is 1. The van der Waals surface area contributed by atoms with Crippen molar-refractivity contribution in [3.05, 3.63) is 36.4 Å². The van der Waals surface area contributed by atoms with Gasteiger partial charge in [-0.1, -0.05) is 0 Å². The Labute approximate surface area is 141 Å². The number of oxazole rings is 1. The highest BCUT2D eigenvalue weighted by atomic mass is 16.5. The Kier molecular flexibility index (Phi) is 5.48. The molecule has 0 saturated carbocycles. The van der Waals surface area contributed by atoms with Gasteiger partial charge in [-0.2, -0.15) is 0 Å². The molecule has 2 aromatic rings. The molecular weight excluding hydrogens is 306 g/mol. The molecule has 1 atom stereocenters. The van der Waals surface area contributed by atoms with Crippen LogP contribution >= 0.6 is 0 Å². The van der Waals surface area contributed by atoms with Crippen LogP contribution in [0.2, 0.25) is 0 Å². The molecule has 128 valence electrons. The highest BCUT2D eigenvalue weighted by Crippen LogP contribution is 2.23. The van der Waals surface area contributed by atoms with Crippen molar-refractivity contribution in [3.8, 4) is 17.1 Å². The van der Waals surface area contributed by atoms with Gasteiger partial charge in [-0.3, -0.25) is 4.79 Å². The second-order valence-electron chi connectivity index (χ2n) is 5.96. The van der Waals surface area contributed by atoms with Gasteiger partial charge in [0.25, 0.3) is 0 Å². The minimum atomic E-state index is 0.0490. The van der Waals surface area contributed by atoms with Crippen molar-refractivity contribution >= 4 is 5.91 Å². The Morgan fingerprint density at radius 1 is 1.42 bits per heavy atom. The molecule has 1 saturated heterocycles. The van der Waals surface area contributed by atoms with E-state index >= 15 is 0 Å². The number of carbonyl (C=O) groups excluding carboxylic acids is 1. The molecule has 6 nitrogen and oxygen atoms in total. The van der Waals surface area contributed by atoms with Gasteiger partial charge in [0.1, 0.15) is 5.75 Å². The largest absolute Gasteiger partial charge is 0.497 e. The van der Waals surface area contributed by atoms with Gasteiger partial charge in [0.2, 0.25) is 5.91 Å². The zero-order valence-corrected chi connectivity index (χ0v) is 13.9. The predicted molar refractivity (Wildman–Crippen MR) is 90.8 cm³/mol. The van der Waals surface area contributed by atoms with Crippen molar-refractivity contribution < 1.29 is 13.9 Å². The van der Waals surface area contributed by atoms with Crippen LogP contribution in [0.4, 0.5) is 0 Å². The lowest BCUT2D eigenvalue weighted by Crippen LogP contribution is -2.45. The lowest BCUT2D eigenvalue weighted by atomic mass is 10.1. The summed E-state index contributed by atoms with van der Waals surface area (Å²) in [5.74, 6) is 2.13. The monoisotopic (exact) mass is 329 g/mol. The van der Waals surface area contributed by atoms with Gasteiger partial charge in [-0.15, -0.1) is 0 Å². The van der Waals surface area contributed by atoms with E-state index < -0.39 is 0 Å². The summed E-state index contributed by atoms with van der Waals surface area (Å²) in [6.07, 6.45) is 4.73. The molecule has 2 N–H and O–H groups in total. The topological polar surface area (TPSA) is 76.4 Å². The van der Waals surface area contributed by atoms with Gasteiger partial charge < -0.3 is 19.8 Å². The van der Waals surface area contributed by atoms with Gasteiger partial charge in [0, 0.05) is 31.0 Å². The molecule has 0 radical (unpaired) electrons. The average molecular weight is 329 g/mol. The number of nitrogens with zero attached hydrogens (tertiary/aromatic N) is 1. The van der Waals surface area contributed by atoms with E-state index in [1.165, 1.54) is 0 Å². The molecule has 1 aromatic heterocycles. The van der Waals surface area contributed by atoms with Crippen molar-refractivity contribution in [1.29, 1.82) is 0 Å². The predicted octanol–water partition coefficient (Wildman–Crippen LogP) is 2.15. The molecule has 6 heteroatoms. The minimum Gasteiger partial charge on any atom is -0.497 e. The van der Waals surface area contributed by atoms with Crippen molar-refractivity contribution in [2.75, 3.05) is 20.2 Å². The fourth-order valence-electron chi connectivity index (χ4n) is 2.81. The molecule has 3 rings (SSSR count). The smallest absolute Gasteiger partial charge is 0.220 e. The Bertz CT molecular complexity index is 660. The van der Waals surface area contributed by atoms with Crippen LogP contribution in [0.3, 0.4) is 0 Å². The SMILES string of the molecule is COc1ccc(-c2cnc(CCC(=O)N[C@H]3CCCNC3)o2)cc1. The summed E-state index contributed by atoms with van der Waals surface area (Å²) in [7, 11) is 1.63. The number of aromatic nitrogens is 1. The molecule has 0 bridgehead atoms. The fraction of sp³-hybridized carbons (Fsp3) is 0.444. The number of hydrogen-bond acceptors (Lipinski definition) is 5. The zero-order valence-electron chi connectivity index (χ0n) is 13.9. The first kappa shape index (κ1) is 16.5. The van der Waals surface area contributed by atoms with E-state index in [9.17, 15) is 4.79 Å². The van der Waals surface area contributed by atoms with E-state index in [0.717, 1.165) is 37.2 Å². The number of aryl methyl sites for hydroxylation is 1. The Balaban J connectivity index is 1.50. The van der Waals surface area contributed by atoms with Crippen LogP contribution in [0.1, 0.15) is 25.2 Å². The maximum absolute atomic E-state index is 12.0. The number of nitrogens with one attached hydrogen (secondary N) is 2. The Morgan fingerprint density at radius 3 is 2.96 bits per heavy atom. The van der Waals surface area contributed by atoms with Gasteiger partial charge in [0.15, 0.2) is 11.7 Å². The van der Waals surface area contributed by atoms with Crippen LogP contribution in [0.25, 0.3) is 11.3 Å². The summed E-state index contributed by atoms with van der Waals surface area (Å²) in [5, 5.41) is 6.34. The molecular formula is C18H23N3O3. The van der Waals surface area contributed by atoms with Crippen molar-refractivity contribution in [2.45, 2.75) is 31.7 Å². The number of methoxy groups -OCH3 is 1. The molecule has 1 aliphatic heterocycles. The van der Waals surface area contributed by atoms with Gasteiger partial charge >= 0.3 is 0 Å². The quantitative estimate of drug-likeness (QED) is 0.849. The lowest BCUT2D eigenvalue weighted by Gasteiger charge is -2.23. The lowest BCUT2D eigenvalue weighted by molar-refractivity contribution is -0.121. The summed E-state index contributed by atoms with van der Waals surface area (Å²) in [4.78, 5) is 16.3. The fourth-order valence-corrected chi connectivity index (χ4v) is 2.81. The molecule has 0 aliphatic carbocycles. The van der Waals surface area contributed by atoms with E-state index in [1.807, 2.05) is 24.3 Å². The minimum absolute atomic E-state index is 0.0490. The van der Waals surface area contributed by atoms with Crippen molar-refractivity contribution in [3.63, 3.8) is 0 Å². The average Bonchev–Trinajstić information content (AvgIpc) is 3.10. The van der Waals surface area contributed by atoms with Gasteiger partial charge in [0.05, 0.1) is 13.3 Å². The number of ether oxygens (including phenoxy) is 1. The van der Waals surface area contributed by atoms with Crippen LogP contribution < -0.4 is 15.4 Å². The Morgan fingerprint density at radius 2 is 2.25 bits per heavy atom. The number of hydrogen-bond donors (Lipinski definition) is 2. The summed E-state index contributed by atoms with van der Waals surface area (Å²) in [6.45, 7) is 1.89. The van der Waals surface area contributed by atoms with Crippen LogP contribution in [-0.4, -0.2) is 37.1 Å². The summed E-state index contributed by atoms with van der Waals surface area (Å²) < 4.78 is 10.9. The molecule has 0 unspecified atom stereocenters. The first-order valence-electron chi connectivity index (χ1n) is 8.34. The second kappa shape index (κ2) is 7.97. The first-order chi connectivity index (χ1) is 11.7. The third-order valence-electron chi connectivity index (χ3n) is 4.16. The van der Waals surface area contributed by atoms with Gasteiger partial charge in [-0.05, 0) is 43.7 Å². The normalized spacial score (nSPS) is 17.5. The van der Waals surface area contributed by atoms with E-state index in [1.54, 1.807) is 13.3 Å². The number of carbonyl (C=O) groups is 1. The van der Waals surface area contributed by atoms with E-state index in [0.29, 0.717) is 24.5 Å². The Hall–Kier alpha value is -2.34. The summed E-state index contributed by atoms with van der Waals surface area (Å²) in [5.41, 5.74) is 0.937. The number of piperidine rings is 1. The van der Waals surface area contributed by atoms with E-state index in [2.05, 4.69) is 15.6 Å². The zero-order chi connectivity index (χ0) is 16.8. The molecule has 1 amide bonds. The molecule has 1 fully saturated rings. The van der Waals surface area contributed by atoms with Crippen molar-refractivity contribution in [1.82, 2.24) is 15.6 Å². The first-order valence-corrected chi connectivity index (χ1v) is 8.34. The molecule has 0 spiro atoms. The van der Waals surface area contributed by atoms with E-state index in [-0.39, 0.29) is 11.9 Å². The number of benzene rings is 1. The third-order valence-corrected chi connectivity index (χ3v) is 4.16. The number of rotatable bonds is 6. The maximum atomic E-state index is 12.0. The van der Waals surface area contributed by atoms with Crippen molar-refractivity contribution in [2.24, 2.45) is 0 Å². The van der Waals surface area contributed by atoms with Crippen LogP contribution in [0, 0.1) is 0 Å². The molecule has 1 aromatic carbocycles. The summed E-state index contributed by atoms with van der Waals surface area (Å²) >= 11 is 0. The second-order valence-corrected chi connectivity index (χ2v) is 5.96. The van der Waals surface area contributed by atoms with Crippen LogP contribution in [0.15, 0.2) is 34.9 Å². The van der Waals surface area contributed by atoms with Crippen LogP contribution in [-0.2, 0) is 11.2 Å². The van der Waals surface area contributed by atoms with Crippen LogP contribution in [0.5, 0.6) is 5.75 Å². The molecule has 24 heavy (non-hydrogen) atoms. The molecule has 2 heterocycles.